The molecule has 0 radical (unpaired) electrons. The number of carbonyl (C=O) groups excluding carboxylic acids is 2. The lowest BCUT2D eigenvalue weighted by Gasteiger charge is -2.18. The molecule has 5 heteroatoms. The molecule has 3 rings (SSSR count). The highest BCUT2D eigenvalue weighted by molar-refractivity contribution is 5.96. The third-order valence-corrected chi connectivity index (χ3v) is 4.32. The fourth-order valence-electron chi connectivity index (χ4n) is 3.01. The van der Waals surface area contributed by atoms with Crippen molar-refractivity contribution in [2.24, 2.45) is 0 Å². The average Bonchev–Trinajstić information content (AvgIpc) is 2.74. The second-order valence-electron chi connectivity index (χ2n) is 6.89. The zero-order valence-corrected chi connectivity index (χ0v) is 16.5. The number of amides is 2. The Kier molecular flexibility index (Phi) is 6.63. The second-order valence-corrected chi connectivity index (χ2v) is 6.89. The molecule has 2 amide bonds. The summed E-state index contributed by atoms with van der Waals surface area (Å²) in [5.41, 5.74) is 7.18. The Balaban J connectivity index is 1.69. The van der Waals surface area contributed by atoms with Crippen LogP contribution in [0.2, 0.25) is 0 Å². The molecule has 0 saturated heterocycles. The van der Waals surface area contributed by atoms with Crippen LogP contribution < -0.4 is 15.6 Å². The van der Waals surface area contributed by atoms with E-state index in [1.54, 1.807) is 24.3 Å². The summed E-state index contributed by atoms with van der Waals surface area (Å²) in [6.45, 7) is 3.87. The van der Waals surface area contributed by atoms with Crippen molar-refractivity contribution in [1.29, 1.82) is 0 Å². The first-order valence-electron chi connectivity index (χ1n) is 9.51. The molecule has 0 bridgehead atoms. The predicted octanol–water partition coefficient (Wildman–Crippen LogP) is 4.07. The number of ether oxygens (including phenoxy) is 1. The maximum Gasteiger partial charge on any atom is 0.269 e. The van der Waals surface area contributed by atoms with Crippen LogP contribution in [0.25, 0.3) is 0 Å². The van der Waals surface area contributed by atoms with Crippen LogP contribution in [-0.2, 0) is 4.79 Å². The van der Waals surface area contributed by atoms with Gasteiger partial charge in [-0.05, 0) is 49.2 Å². The van der Waals surface area contributed by atoms with E-state index in [0.717, 1.165) is 11.1 Å². The van der Waals surface area contributed by atoms with E-state index in [4.69, 9.17) is 4.74 Å². The molecule has 0 unspecified atom stereocenters. The highest BCUT2D eigenvalue weighted by Crippen LogP contribution is 2.24. The lowest BCUT2D eigenvalue weighted by atomic mass is 9.91. The van der Waals surface area contributed by atoms with E-state index >= 15 is 0 Å². The minimum Gasteiger partial charge on any atom is -0.491 e. The Morgan fingerprint density at radius 3 is 1.72 bits per heavy atom. The standard InChI is InChI=1S/C24H24N2O3/c1-17(2)29-21-15-13-20(14-16-21)23(27)25-26-24(28)22(18-9-5-3-6-10-18)19-11-7-4-8-12-19/h3-17,22H,1-2H3,(H,25,27)(H,26,28). The lowest BCUT2D eigenvalue weighted by Crippen LogP contribution is -2.44. The molecule has 0 aliphatic carbocycles. The van der Waals surface area contributed by atoms with Crippen LogP contribution in [0.5, 0.6) is 5.75 Å². The van der Waals surface area contributed by atoms with Gasteiger partial charge < -0.3 is 4.74 Å². The van der Waals surface area contributed by atoms with E-state index in [2.05, 4.69) is 10.9 Å². The van der Waals surface area contributed by atoms with Gasteiger partial charge in [0.15, 0.2) is 0 Å². The fraction of sp³-hybridized carbons (Fsp3) is 0.167. The molecule has 3 aromatic carbocycles. The number of nitrogens with one attached hydrogen (secondary N) is 2. The first-order chi connectivity index (χ1) is 14.0. The molecule has 0 heterocycles. The number of hydrogen-bond donors (Lipinski definition) is 2. The van der Waals surface area contributed by atoms with Crippen LogP contribution in [0.1, 0.15) is 41.3 Å². The molecular formula is C24H24N2O3. The molecule has 0 aliphatic heterocycles. The van der Waals surface area contributed by atoms with E-state index in [0.29, 0.717) is 11.3 Å². The molecule has 0 aromatic heterocycles. The Labute approximate surface area is 170 Å². The largest absolute Gasteiger partial charge is 0.491 e. The number of hydrazine groups is 1. The molecular weight excluding hydrogens is 364 g/mol. The van der Waals surface area contributed by atoms with Crippen LogP contribution in [-0.4, -0.2) is 17.9 Å². The van der Waals surface area contributed by atoms with E-state index in [1.807, 2.05) is 74.5 Å². The summed E-state index contributed by atoms with van der Waals surface area (Å²) in [5, 5.41) is 0. The highest BCUT2D eigenvalue weighted by atomic mass is 16.5. The number of benzene rings is 3. The first kappa shape index (κ1) is 20.1. The quantitative estimate of drug-likeness (QED) is 0.626. The van der Waals surface area contributed by atoms with Gasteiger partial charge >= 0.3 is 0 Å². The van der Waals surface area contributed by atoms with Gasteiger partial charge in [0.25, 0.3) is 5.91 Å². The molecule has 0 saturated carbocycles. The monoisotopic (exact) mass is 388 g/mol. The van der Waals surface area contributed by atoms with Crippen molar-refractivity contribution < 1.29 is 14.3 Å². The van der Waals surface area contributed by atoms with Crippen molar-refractivity contribution >= 4 is 11.8 Å². The molecule has 5 nitrogen and oxygen atoms in total. The molecule has 29 heavy (non-hydrogen) atoms. The van der Waals surface area contributed by atoms with E-state index in [-0.39, 0.29) is 12.0 Å². The van der Waals surface area contributed by atoms with Crippen LogP contribution in [0.15, 0.2) is 84.9 Å². The molecule has 0 spiro atoms. The van der Waals surface area contributed by atoms with E-state index < -0.39 is 11.8 Å². The topological polar surface area (TPSA) is 67.4 Å². The minimum absolute atomic E-state index is 0.0573. The zero-order valence-electron chi connectivity index (χ0n) is 16.5. The Morgan fingerprint density at radius 2 is 1.24 bits per heavy atom. The molecule has 148 valence electrons. The number of rotatable bonds is 6. The summed E-state index contributed by atoms with van der Waals surface area (Å²) in [4.78, 5) is 25.3. The predicted molar refractivity (Wildman–Crippen MR) is 113 cm³/mol. The maximum absolute atomic E-state index is 12.9. The Hall–Kier alpha value is -3.60. The van der Waals surface area contributed by atoms with Crippen LogP contribution in [0.3, 0.4) is 0 Å². The summed E-state index contributed by atoms with van der Waals surface area (Å²) < 4.78 is 5.58. The van der Waals surface area contributed by atoms with Gasteiger partial charge in [-0.25, -0.2) is 0 Å². The van der Waals surface area contributed by atoms with Crippen molar-refractivity contribution in [3.8, 4) is 5.75 Å². The van der Waals surface area contributed by atoms with Gasteiger partial charge in [-0.15, -0.1) is 0 Å². The molecule has 0 atom stereocenters. The minimum atomic E-state index is -0.528. The first-order valence-corrected chi connectivity index (χ1v) is 9.51. The van der Waals surface area contributed by atoms with Crippen LogP contribution in [0, 0.1) is 0 Å². The highest BCUT2D eigenvalue weighted by Gasteiger charge is 2.23. The third-order valence-electron chi connectivity index (χ3n) is 4.32. The second kappa shape index (κ2) is 9.55. The SMILES string of the molecule is CC(C)Oc1ccc(C(=O)NNC(=O)C(c2ccccc2)c2ccccc2)cc1. The molecule has 0 fully saturated rings. The Bertz CT molecular complexity index is 899. The molecule has 0 aliphatic rings. The van der Waals surface area contributed by atoms with Crippen molar-refractivity contribution in [2.75, 3.05) is 0 Å². The van der Waals surface area contributed by atoms with Crippen molar-refractivity contribution in [1.82, 2.24) is 10.9 Å². The third kappa shape index (κ3) is 5.45. The summed E-state index contributed by atoms with van der Waals surface area (Å²) >= 11 is 0. The van der Waals surface area contributed by atoms with Gasteiger partial charge in [0.1, 0.15) is 5.75 Å². The summed E-state index contributed by atoms with van der Waals surface area (Å²) in [7, 11) is 0. The van der Waals surface area contributed by atoms with Gasteiger partial charge in [0, 0.05) is 5.56 Å². The van der Waals surface area contributed by atoms with Crippen molar-refractivity contribution in [2.45, 2.75) is 25.9 Å². The van der Waals surface area contributed by atoms with Crippen molar-refractivity contribution in [3.63, 3.8) is 0 Å². The van der Waals surface area contributed by atoms with Crippen LogP contribution in [0.4, 0.5) is 0 Å². The summed E-state index contributed by atoms with van der Waals surface area (Å²) in [5.74, 6) is -0.543. The molecule has 2 N–H and O–H groups in total. The maximum atomic E-state index is 12.9. The van der Waals surface area contributed by atoms with Gasteiger partial charge in [0.05, 0.1) is 12.0 Å². The number of carbonyl (C=O) groups is 2. The smallest absolute Gasteiger partial charge is 0.269 e. The lowest BCUT2D eigenvalue weighted by molar-refractivity contribution is -0.122. The summed E-state index contributed by atoms with van der Waals surface area (Å²) in [6, 6.07) is 25.7. The van der Waals surface area contributed by atoms with E-state index in [1.165, 1.54) is 0 Å². The van der Waals surface area contributed by atoms with Gasteiger partial charge in [-0.1, -0.05) is 60.7 Å². The van der Waals surface area contributed by atoms with E-state index in [9.17, 15) is 9.59 Å². The van der Waals surface area contributed by atoms with Crippen molar-refractivity contribution in [3.05, 3.63) is 102 Å². The van der Waals surface area contributed by atoms with Gasteiger partial charge in [-0.2, -0.15) is 0 Å². The fourth-order valence-corrected chi connectivity index (χ4v) is 3.01. The van der Waals surface area contributed by atoms with Crippen LogP contribution >= 0.6 is 0 Å². The van der Waals surface area contributed by atoms with Gasteiger partial charge in [-0.3, -0.25) is 20.4 Å². The van der Waals surface area contributed by atoms with Gasteiger partial charge in [0.2, 0.25) is 5.91 Å². The Morgan fingerprint density at radius 1 is 0.724 bits per heavy atom. The normalized spacial score (nSPS) is 10.6. The molecule has 3 aromatic rings. The number of hydrogen-bond acceptors (Lipinski definition) is 3. The average molecular weight is 388 g/mol. The zero-order chi connectivity index (χ0) is 20.6. The summed E-state index contributed by atoms with van der Waals surface area (Å²) in [6.07, 6.45) is 0.0573.